The fraction of sp³-hybridized carbons (Fsp3) is 0.467. The smallest absolute Gasteiger partial charge is 0.251 e. The molecule has 5 nitrogen and oxygen atoms in total. The SMILES string of the molecule is CCC(CCO)NC(=O)C(C)NC(=O)c1ccccc1. The standard InChI is InChI=1S/C15H22N2O3/c1-3-13(9-10-18)17-14(19)11(2)16-15(20)12-7-5-4-6-8-12/h4-8,11,13,18H,3,9-10H2,1-2H3,(H,16,20)(H,17,19). The molecule has 0 aliphatic carbocycles. The van der Waals surface area contributed by atoms with Crippen LogP contribution in [0.5, 0.6) is 0 Å². The molecule has 2 amide bonds. The maximum atomic E-state index is 11.9. The topological polar surface area (TPSA) is 78.4 Å². The Morgan fingerprint density at radius 3 is 2.40 bits per heavy atom. The normalized spacial score (nSPS) is 13.3. The first kappa shape index (κ1) is 16.2. The summed E-state index contributed by atoms with van der Waals surface area (Å²) in [5.41, 5.74) is 0.523. The van der Waals surface area contributed by atoms with Gasteiger partial charge in [-0.15, -0.1) is 0 Å². The van der Waals surface area contributed by atoms with Gasteiger partial charge in [-0.1, -0.05) is 25.1 Å². The summed E-state index contributed by atoms with van der Waals surface area (Å²) >= 11 is 0. The van der Waals surface area contributed by atoms with E-state index >= 15 is 0 Å². The summed E-state index contributed by atoms with van der Waals surface area (Å²) in [7, 11) is 0. The second kappa shape index (κ2) is 8.32. The number of carbonyl (C=O) groups excluding carboxylic acids is 2. The van der Waals surface area contributed by atoms with Crippen LogP contribution in [0.3, 0.4) is 0 Å². The van der Waals surface area contributed by atoms with Gasteiger partial charge in [0.05, 0.1) is 0 Å². The van der Waals surface area contributed by atoms with E-state index in [1.165, 1.54) is 0 Å². The molecule has 5 heteroatoms. The van der Waals surface area contributed by atoms with Gasteiger partial charge in [0.25, 0.3) is 5.91 Å². The minimum absolute atomic E-state index is 0.0313. The van der Waals surface area contributed by atoms with Crippen molar-refractivity contribution in [1.82, 2.24) is 10.6 Å². The van der Waals surface area contributed by atoms with Crippen molar-refractivity contribution in [3.63, 3.8) is 0 Å². The molecule has 0 aliphatic heterocycles. The number of nitrogens with one attached hydrogen (secondary N) is 2. The van der Waals surface area contributed by atoms with Crippen molar-refractivity contribution in [3.05, 3.63) is 35.9 Å². The van der Waals surface area contributed by atoms with Crippen LogP contribution in [0.2, 0.25) is 0 Å². The first-order valence-corrected chi connectivity index (χ1v) is 6.85. The van der Waals surface area contributed by atoms with Gasteiger partial charge >= 0.3 is 0 Å². The lowest BCUT2D eigenvalue weighted by Gasteiger charge is -2.19. The van der Waals surface area contributed by atoms with E-state index in [-0.39, 0.29) is 24.5 Å². The third-order valence-corrected chi connectivity index (χ3v) is 3.09. The number of aliphatic hydroxyl groups is 1. The largest absolute Gasteiger partial charge is 0.396 e. The Morgan fingerprint density at radius 2 is 1.85 bits per heavy atom. The molecule has 0 spiro atoms. The van der Waals surface area contributed by atoms with Crippen LogP contribution in [0.25, 0.3) is 0 Å². The van der Waals surface area contributed by atoms with Crippen LogP contribution in [-0.2, 0) is 4.79 Å². The zero-order valence-corrected chi connectivity index (χ0v) is 11.9. The van der Waals surface area contributed by atoms with E-state index in [0.717, 1.165) is 6.42 Å². The Hall–Kier alpha value is -1.88. The minimum Gasteiger partial charge on any atom is -0.396 e. The van der Waals surface area contributed by atoms with Crippen LogP contribution in [0.4, 0.5) is 0 Å². The van der Waals surface area contributed by atoms with Crippen molar-refractivity contribution in [2.24, 2.45) is 0 Å². The van der Waals surface area contributed by atoms with E-state index in [1.54, 1.807) is 31.2 Å². The Morgan fingerprint density at radius 1 is 1.20 bits per heavy atom. The number of amides is 2. The fourth-order valence-electron chi connectivity index (χ4n) is 1.80. The zero-order chi connectivity index (χ0) is 15.0. The van der Waals surface area contributed by atoms with Crippen molar-refractivity contribution in [3.8, 4) is 0 Å². The van der Waals surface area contributed by atoms with Crippen LogP contribution >= 0.6 is 0 Å². The lowest BCUT2D eigenvalue weighted by atomic mass is 10.1. The van der Waals surface area contributed by atoms with Gasteiger partial charge in [-0.3, -0.25) is 9.59 Å². The molecule has 1 aromatic carbocycles. The third kappa shape index (κ3) is 5.01. The molecule has 1 rings (SSSR count). The lowest BCUT2D eigenvalue weighted by molar-refractivity contribution is -0.123. The van der Waals surface area contributed by atoms with Gasteiger partial charge in [-0.2, -0.15) is 0 Å². The van der Waals surface area contributed by atoms with Gasteiger partial charge in [-0.05, 0) is 31.9 Å². The number of benzene rings is 1. The molecular weight excluding hydrogens is 256 g/mol. The van der Waals surface area contributed by atoms with E-state index in [4.69, 9.17) is 5.11 Å². The van der Waals surface area contributed by atoms with E-state index in [9.17, 15) is 9.59 Å². The molecule has 1 aromatic rings. The van der Waals surface area contributed by atoms with Gasteiger partial charge in [-0.25, -0.2) is 0 Å². The number of hydrogen-bond acceptors (Lipinski definition) is 3. The van der Waals surface area contributed by atoms with Crippen LogP contribution in [0, 0.1) is 0 Å². The molecule has 20 heavy (non-hydrogen) atoms. The molecular formula is C15H22N2O3. The highest BCUT2D eigenvalue weighted by molar-refractivity contribution is 5.97. The first-order chi connectivity index (χ1) is 9.58. The predicted octanol–water partition coefficient (Wildman–Crippen LogP) is 1.08. The van der Waals surface area contributed by atoms with E-state index in [1.807, 2.05) is 13.0 Å². The van der Waals surface area contributed by atoms with Gasteiger partial charge < -0.3 is 15.7 Å². The number of hydrogen-bond donors (Lipinski definition) is 3. The van der Waals surface area contributed by atoms with Crippen LogP contribution in [0.15, 0.2) is 30.3 Å². The van der Waals surface area contributed by atoms with Crippen LogP contribution < -0.4 is 10.6 Å². The second-order valence-electron chi connectivity index (χ2n) is 4.69. The maximum Gasteiger partial charge on any atom is 0.251 e. The Labute approximate surface area is 119 Å². The maximum absolute atomic E-state index is 11.9. The highest BCUT2D eigenvalue weighted by Crippen LogP contribution is 2.00. The molecule has 110 valence electrons. The van der Waals surface area contributed by atoms with Crippen LogP contribution in [0.1, 0.15) is 37.0 Å². The monoisotopic (exact) mass is 278 g/mol. The fourth-order valence-corrected chi connectivity index (χ4v) is 1.80. The van der Waals surface area contributed by atoms with Gasteiger partial charge in [0.15, 0.2) is 0 Å². The van der Waals surface area contributed by atoms with Crippen molar-refractivity contribution in [1.29, 1.82) is 0 Å². The summed E-state index contributed by atoms with van der Waals surface area (Å²) in [5.74, 6) is -0.516. The van der Waals surface area contributed by atoms with Gasteiger partial charge in [0, 0.05) is 18.2 Å². The summed E-state index contributed by atoms with van der Waals surface area (Å²) in [6, 6.07) is 8.08. The number of aliphatic hydroxyl groups excluding tert-OH is 1. The van der Waals surface area contributed by atoms with Gasteiger partial charge in [0.1, 0.15) is 6.04 Å². The average Bonchev–Trinajstić information content (AvgIpc) is 2.47. The quantitative estimate of drug-likeness (QED) is 0.698. The highest BCUT2D eigenvalue weighted by atomic mass is 16.3. The van der Waals surface area contributed by atoms with Gasteiger partial charge in [0.2, 0.25) is 5.91 Å². The minimum atomic E-state index is -0.615. The van der Waals surface area contributed by atoms with Crippen molar-refractivity contribution in [2.75, 3.05) is 6.61 Å². The molecule has 0 bridgehead atoms. The molecule has 0 saturated heterocycles. The molecule has 0 radical (unpaired) electrons. The predicted molar refractivity (Wildman–Crippen MR) is 77.3 cm³/mol. The molecule has 2 unspecified atom stereocenters. The summed E-state index contributed by atoms with van der Waals surface area (Å²) in [6.45, 7) is 3.61. The van der Waals surface area contributed by atoms with E-state index < -0.39 is 6.04 Å². The zero-order valence-electron chi connectivity index (χ0n) is 11.9. The molecule has 0 aliphatic rings. The van der Waals surface area contributed by atoms with Crippen LogP contribution in [-0.4, -0.2) is 35.6 Å². The Bertz CT molecular complexity index is 434. The first-order valence-electron chi connectivity index (χ1n) is 6.85. The van der Waals surface area contributed by atoms with E-state index in [2.05, 4.69) is 10.6 Å². The number of rotatable bonds is 7. The van der Waals surface area contributed by atoms with E-state index in [0.29, 0.717) is 12.0 Å². The number of carbonyl (C=O) groups is 2. The average molecular weight is 278 g/mol. The van der Waals surface area contributed by atoms with Crippen molar-refractivity contribution < 1.29 is 14.7 Å². The molecule has 2 atom stereocenters. The molecule has 0 saturated carbocycles. The van der Waals surface area contributed by atoms with Crippen molar-refractivity contribution in [2.45, 2.75) is 38.8 Å². The molecule has 0 aromatic heterocycles. The second-order valence-corrected chi connectivity index (χ2v) is 4.69. The summed E-state index contributed by atoms with van der Waals surface area (Å²) in [5, 5.41) is 14.4. The Balaban J connectivity index is 2.51. The molecule has 3 N–H and O–H groups in total. The summed E-state index contributed by atoms with van der Waals surface area (Å²) in [4.78, 5) is 23.9. The summed E-state index contributed by atoms with van der Waals surface area (Å²) in [6.07, 6.45) is 1.26. The summed E-state index contributed by atoms with van der Waals surface area (Å²) < 4.78 is 0. The Kier molecular flexibility index (Phi) is 6.73. The van der Waals surface area contributed by atoms with Crippen molar-refractivity contribution >= 4 is 11.8 Å². The molecule has 0 heterocycles. The molecule has 0 fully saturated rings. The lowest BCUT2D eigenvalue weighted by Crippen LogP contribution is -2.48. The highest BCUT2D eigenvalue weighted by Gasteiger charge is 2.18. The third-order valence-electron chi connectivity index (χ3n) is 3.09.